The lowest BCUT2D eigenvalue weighted by atomic mass is 9.95. The minimum absolute atomic E-state index is 0.164. The van der Waals surface area contributed by atoms with E-state index in [9.17, 15) is 8.78 Å². The Balaban J connectivity index is 1.85. The van der Waals surface area contributed by atoms with Gasteiger partial charge in [-0.15, -0.1) is 0 Å². The van der Waals surface area contributed by atoms with Crippen LogP contribution < -0.4 is 10.6 Å². The van der Waals surface area contributed by atoms with Gasteiger partial charge in [-0.05, 0) is 48.0 Å². The van der Waals surface area contributed by atoms with Crippen molar-refractivity contribution in [3.05, 3.63) is 101 Å². The van der Waals surface area contributed by atoms with Gasteiger partial charge in [-0.25, -0.2) is 8.78 Å². The van der Waals surface area contributed by atoms with Crippen LogP contribution in [0.3, 0.4) is 0 Å². The minimum Gasteiger partial charge on any atom is -0.352 e. The Labute approximate surface area is 156 Å². The molecule has 0 bridgehead atoms. The molecule has 2 nitrogen and oxygen atoms in total. The number of halogens is 2. The molecule has 0 radical (unpaired) electrons. The first-order chi connectivity index (χ1) is 12.5. The molecule has 5 heteroatoms. The molecular formula is C21H18F2N2S. The second-order valence-corrected chi connectivity index (χ2v) is 6.34. The number of rotatable bonds is 4. The number of hydrogen-bond acceptors (Lipinski definition) is 1. The molecule has 0 amide bonds. The molecule has 0 fully saturated rings. The number of anilines is 1. The van der Waals surface area contributed by atoms with Crippen molar-refractivity contribution in [3.63, 3.8) is 0 Å². The van der Waals surface area contributed by atoms with Crippen LogP contribution in [0.1, 0.15) is 22.7 Å². The molecular weight excluding hydrogens is 350 g/mol. The van der Waals surface area contributed by atoms with E-state index < -0.39 is 11.6 Å². The lowest BCUT2D eigenvalue weighted by molar-refractivity contribution is 0.509. The van der Waals surface area contributed by atoms with Gasteiger partial charge in [-0.3, -0.25) is 0 Å². The lowest BCUT2D eigenvalue weighted by Gasteiger charge is -2.23. The summed E-state index contributed by atoms with van der Waals surface area (Å²) in [4.78, 5) is 0. The predicted molar refractivity (Wildman–Crippen MR) is 105 cm³/mol. The summed E-state index contributed by atoms with van der Waals surface area (Å²) in [5, 5.41) is 6.52. The number of benzene rings is 3. The molecule has 0 heterocycles. The van der Waals surface area contributed by atoms with Crippen molar-refractivity contribution in [2.45, 2.75) is 13.0 Å². The van der Waals surface area contributed by atoms with E-state index in [1.807, 2.05) is 61.5 Å². The van der Waals surface area contributed by atoms with Gasteiger partial charge in [0.2, 0.25) is 0 Å². The molecule has 132 valence electrons. The van der Waals surface area contributed by atoms with E-state index in [0.29, 0.717) is 10.8 Å². The Morgan fingerprint density at radius 2 is 1.58 bits per heavy atom. The molecule has 3 aromatic rings. The predicted octanol–water partition coefficient (Wildman–Crippen LogP) is 5.35. The molecule has 3 aromatic carbocycles. The highest BCUT2D eigenvalue weighted by Gasteiger charge is 2.17. The van der Waals surface area contributed by atoms with E-state index in [4.69, 9.17) is 12.2 Å². The van der Waals surface area contributed by atoms with Crippen LogP contribution >= 0.6 is 12.2 Å². The standard InChI is InChI=1S/C21H18F2N2S/c1-14-7-5-6-10-17(14)20(15-8-3-2-4-9-15)25-21(26)24-16-11-12-18(22)19(23)13-16/h2-13,20H,1H3,(H2,24,25,26)/t20-/m0/s1. The molecule has 0 aliphatic heterocycles. The van der Waals surface area contributed by atoms with Gasteiger partial charge in [0, 0.05) is 11.8 Å². The highest BCUT2D eigenvalue weighted by molar-refractivity contribution is 7.80. The lowest BCUT2D eigenvalue weighted by Crippen LogP contribution is -2.33. The average Bonchev–Trinajstić information content (AvgIpc) is 2.64. The van der Waals surface area contributed by atoms with Crippen LogP contribution in [0.4, 0.5) is 14.5 Å². The first-order valence-electron chi connectivity index (χ1n) is 8.17. The van der Waals surface area contributed by atoms with Gasteiger partial charge in [0.25, 0.3) is 0 Å². The zero-order valence-electron chi connectivity index (χ0n) is 14.2. The Kier molecular flexibility index (Phi) is 5.58. The van der Waals surface area contributed by atoms with E-state index in [0.717, 1.165) is 28.8 Å². The summed E-state index contributed by atoms with van der Waals surface area (Å²) in [7, 11) is 0. The first kappa shape index (κ1) is 18.0. The van der Waals surface area contributed by atoms with Gasteiger partial charge in [0.15, 0.2) is 16.7 Å². The largest absolute Gasteiger partial charge is 0.352 e. The van der Waals surface area contributed by atoms with Crippen LogP contribution in [-0.2, 0) is 0 Å². The number of thiocarbonyl (C=S) groups is 1. The number of hydrogen-bond donors (Lipinski definition) is 2. The van der Waals surface area contributed by atoms with Crippen LogP contribution in [0.5, 0.6) is 0 Å². The van der Waals surface area contributed by atoms with Crippen molar-refractivity contribution in [3.8, 4) is 0 Å². The molecule has 0 saturated heterocycles. The highest BCUT2D eigenvalue weighted by atomic mass is 32.1. The zero-order valence-corrected chi connectivity index (χ0v) is 15.0. The summed E-state index contributed by atoms with van der Waals surface area (Å²) in [6.07, 6.45) is 0. The summed E-state index contributed by atoms with van der Waals surface area (Å²) in [5.41, 5.74) is 3.66. The highest BCUT2D eigenvalue weighted by Crippen LogP contribution is 2.25. The van der Waals surface area contributed by atoms with Crippen LogP contribution in [0.2, 0.25) is 0 Å². The fraction of sp³-hybridized carbons (Fsp3) is 0.0952. The van der Waals surface area contributed by atoms with Gasteiger partial charge < -0.3 is 10.6 Å². The van der Waals surface area contributed by atoms with Crippen LogP contribution in [0, 0.1) is 18.6 Å². The fourth-order valence-electron chi connectivity index (χ4n) is 2.77. The molecule has 0 aromatic heterocycles. The van der Waals surface area contributed by atoms with E-state index in [1.54, 1.807) is 0 Å². The van der Waals surface area contributed by atoms with Gasteiger partial charge in [-0.2, -0.15) is 0 Å². The van der Waals surface area contributed by atoms with Crippen molar-refractivity contribution in [1.82, 2.24) is 5.32 Å². The van der Waals surface area contributed by atoms with Gasteiger partial charge in [0.1, 0.15) is 0 Å². The Hall–Kier alpha value is -2.79. The molecule has 1 atom stereocenters. The molecule has 26 heavy (non-hydrogen) atoms. The molecule has 2 N–H and O–H groups in total. The van der Waals surface area contributed by atoms with Crippen molar-refractivity contribution < 1.29 is 8.78 Å². The number of nitrogens with one attached hydrogen (secondary N) is 2. The molecule has 0 aliphatic carbocycles. The minimum atomic E-state index is -0.920. The summed E-state index contributed by atoms with van der Waals surface area (Å²) in [6, 6.07) is 21.4. The normalized spacial score (nSPS) is 11.7. The summed E-state index contributed by atoms with van der Waals surface area (Å²) in [6.45, 7) is 2.04. The quantitative estimate of drug-likeness (QED) is 0.607. The smallest absolute Gasteiger partial charge is 0.171 e. The van der Waals surface area contributed by atoms with E-state index in [2.05, 4.69) is 10.6 Å². The topological polar surface area (TPSA) is 24.1 Å². The number of aryl methyl sites for hydroxylation is 1. The second kappa shape index (κ2) is 8.06. The van der Waals surface area contributed by atoms with Crippen molar-refractivity contribution >= 4 is 23.0 Å². The molecule has 0 spiro atoms. The third-order valence-corrected chi connectivity index (χ3v) is 4.31. The van der Waals surface area contributed by atoms with Crippen molar-refractivity contribution in [1.29, 1.82) is 0 Å². The first-order valence-corrected chi connectivity index (χ1v) is 8.58. The van der Waals surface area contributed by atoms with E-state index in [1.165, 1.54) is 6.07 Å². The van der Waals surface area contributed by atoms with Crippen molar-refractivity contribution in [2.75, 3.05) is 5.32 Å². The molecule has 0 unspecified atom stereocenters. The Bertz CT molecular complexity index is 913. The third-order valence-electron chi connectivity index (χ3n) is 4.09. The molecule has 0 aliphatic rings. The average molecular weight is 368 g/mol. The van der Waals surface area contributed by atoms with Gasteiger partial charge in [-0.1, -0.05) is 54.6 Å². The zero-order chi connectivity index (χ0) is 18.5. The maximum Gasteiger partial charge on any atom is 0.171 e. The maximum absolute atomic E-state index is 13.4. The summed E-state index contributed by atoms with van der Waals surface area (Å²) >= 11 is 5.39. The van der Waals surface area contributed by atoms with Crippen LogP contribution in [0.15, 0.2) is 72.8 Å². The van der Waals surface area contributed by atoms with E-state index >= 15 is 0 Å². The van der Waals surface area contributed by atoms with E-state index in [-0.39, 0.29) is 6.04 Å². The third kappa shape index (κ3) is 4.24. The van der Waals surface area contributed by atoms with Crippen molar-refractivity contribution in [2.24, 2.45) is 0 Å². The molecule has 0 saturated carbocycles. The van der Waals surface area contributed by atoms with Gasteiger partial charge >= 0.3 is 0 Å². The summed E-state index contributed by atoms with van der Waals surface area (Å²) in [5.74, 6) is -1.81. The monoisotopic (exact) mass is 368 g/mol. The second-order valence-electron chi connectivity index (χ2n) is 5.93. The molecule has 3 rings (SSSR count). The van der Waals surface area contributed by atoms with Crippen LogP contribution in [0.25, 0.3) is 0 Å². The Morgan fingerprint density at radius 1 is 0.885 bits per heavy atom. The van der Waals surface area contributed by atoms with Crippen LogP contribution in [-0.4, -0.2) is 5.11 Å². The Morgan fingerprint density at radius 3 is 2.27 bits per heavy atom. The SMILES string of the molecule is Cc1ccccc1[C@@H](NC(=S)Nc1ccc(F)c(F)c1)c1ccccc1. The van der Waals surface area contributed by atoms with Gasteiger partial charge in [0.05, 0.1) is 6.04 Å². The fourth-order valence-corrected chi connectivity index (χ4v) is 3.00. The maximum atomic E-state index is 13.4. The summed E-state index contributed by atoms with van der Waals surface area (Å²) < 4.78 is 26.5.